The quantitative estimate of drug-likeness (QED) is 0.389. The number of carbonyl (C=O) groups excluding carboxylic acids is 2. The standard InChI is InChI=1S/C25H21NO4/c1-16-10-12-18(13-11-16)23(28)21-22(19-8-5-9-20(27)14-19)26(25(30)24(21)29)15-17-6-3-2-4-7-17/h2-14,22,27-28H,15H2,1H3/b23-21+. The van der Waals surface area contributed by atoms with Gasteiger partial charge in [-0.1, -0.05) is 72.3 Å². The first-order chi connectivity index (χ1) is 14.5. The maximum absolute atomic E-state index is 13.0. The van der Waals surface area contributed by atoms with Crippen molar-refractivity contribution in [3.8, 4) is 5.75 Å². The zero-order valence-corrected chi connectivity index (χ0v) is 16.4. The lowest BCUT2D eigenvalue weighted by molar-refractivity contribution is -0.140. The fourth-order valence-electron chi connectivity index (χ4n) is 3.73. The Kier molecular flexibility index (Phi) is 5.11. The predicted octanol–water partition coefficient (Wildman–Crippen LogP) is 4.32. The SMILES string of the molecule is Cc1ccc(/C(O)=C2\C(=O)C(=O)N(Cc3ccccc3)C2c2cccc(O)c2)cc1. The van der Waals surface area contributed by atoms with Gasteiger partial charge in [0, 0.05) is 12.1 Å². The number of phenols is 1. The van der Waals surface area contributed by atoms with Crippen LogP contribution in [-0.4, -0.2) is 26.8 Å². The highest BCUT2D eigenvalue weighted by Crippen LogP contribution is 2.40. The summed E-state index contributed by atoms with van der Waals surface area (Å²) in [6, 6.07) is 22.1. The summed E-state index contributed by atoms with van der Waals surface area (Å²) in [6.07, 6.45) is 0. The van der Waals surface area contributed by atoms with Crippen molar-refractivity contribution in [2.24, 2.45) is 0 Å². The highest BCUT2D eigenvalue weighted by atomic mass is 16.3. The summed E-state index contributed by atoms with van der Waals surface area (Å²) in [5.74, 6) is -1.62. The molecule has 0 spiro atoms. The van der Waals surface area contributed by atoms with Gasteiger partial charge in [0.05, 0.1) is 11.6 Å². The molecule has 4 rings (SSSR count). The van der Waals surface area contributed by atoms with E-state index < -0.39 is 17.7 Å². The van der Waals surface area contributed by atoms with E-state index in [2.05, 4.69) is 0 Å². The molecule has 1 aliphatic heterocycles. The molecular weight excluding hydrogens is 378 g/mol. The number of aromatic hydroxyl groups is 1. The highest BCUT2D eigenvalue weighted by molar-refractivity contribution is 6.46. The minimum Gasteiger partial charge on any atom is -0.508 e. The predicted molar refractivity (Wildman–Crippen MR) is 114 cm³/mol. The lowest BCUT2D eigenvalue weighted by atomic mass is 9.94. The van der Waals surface area contributed by atoms with Gasteiger partial charge in [0.15, 0.2) is 0 Å². The summed E-state index contributed by atoms with van der Waals surface area (Å²) in [4.78, 5) is 27.4. The number of hydrogen-bond donors (Lipinski definition) is 2. The summed E-state index contributed by atoms with van der Waals surface area (Å²) < 4.78 is 0. The van der Waals surface area contributed by atoms with Crippen LogP contribution in [0.15, 0.2) is 84.4 Å². The van der Waals surface area contributed by atoms with Gasteiger partial charge in [-0.3, -0.25) is 9.59 Å². The molecule has 5 heteroatoms. The molecule has 0 aliphatic carbocycles. The number of amides is 1. The van der Waals surface area contributed by atoms with Gasteiger partial charge in [0.1, 0.15) is 11.5 Å². The van der Waals surface area contributed by atoms with E-state index in [1.54, 1.807) is 24.3 Å². The van der Waals surface area contributed by atoms with Crippen LogP contribution in [0.1, 0.15) is 28.3 Å². The summed E-state index contributed by atoms with van der Waals surface area (Å²) in [5.41, 5.74) is 2.91. The number of Topliss-reactive ketones (excluding diaryl/α,β-unsaturated/α-hetero) is 1. The van der Waals surface area contributed by atoms with Gasteiger partial charge in [0.25, 0.3) is 11.7 Å². The van der Waals surface area contributed by atoms with Crippen LogP contribution < -0.4 is 0 Å². The Bertz CT molecular complexity index is 1130. The molecule has 1 aliphatic rings. The Hall–Kier alpha value is -3.86. The number of carbonyl (C=O) groups is 2. The van der Waals surface area contributed by atoms with Crippen LogP contribution in [-0.2, 0) is 16.1 Å². The van der Waals surface area contributed by atoms with Gasteiger partial charge in [-0.25, -0.2) is 0 Å². The smallest absolute Gasteiger partial charge is 0.295 e. The highest BCUT2D eigenvalue weighted by Gasteiger charge is 2.46. The second-order valence-corrected chi connectivity index (χ2v) is 7.37. The summed E-state index contributed by atoms with van der Waals surface area (Å²) in [7, 11) is 0. The number of aryl methyl sites for hydroxylation is 1. The van der Waals surface area contributed by atoms with E-state index in [4.69, 9.17) is 0 Å². The largest absolute Gasteiger partial charge is 0.508 e. The molecule has 3 aromatic carbocycles. The van der Waals surface area contributed by atoms with Crippen LogP contribution in [0.2, 0.25) is 0 Å². The first-order valence-electron chi connectivity index (χ1n) is 9.64. The second-order valence-electron chi connectivity index (χ2n) is 7.37. The minimum absolute atomic E-state index is 0.0189. The molecule has 150 valence electrons. The Morgan fingerprint density at radius 3 is 2.30 bits per heavy atom. The molecule has 1 heterocycles. The first-order valence-corrected chi connectivity index (χ1v) is 9.64. The molecule has 2 N–H and O–H groups in total. The van der Waals surface area contributed by atoms with Crippen molar-refractivity contribution in [1.29, 1.82) is 0 Å². The fourth-order valence-corrected chi connectivity index (χ4v) is 3.73. The first kappa shape index (κ1) is 19.5. The van der Waals surface area contributed by atoms with Gasteiger partial charge >= 0.3 is 0 Å². The molecule has 0 radical (unpaired) electrons. The van der Waals surface area contributed by atoms with E-state index in [1.807, 2.05) is 49.4 Å². The Morgan fingerprint density at radius 1 is 0.933 bits per heavy atom. The molecule has 1 amide bonds. The van der Waals surface area contributed by atoms with E-state index in [1.165, 1.54) is 17.0 Å². The lowest BCUT2D eigenvalue weighted by Crippen LogP contribution is -2.29. The molecule has 1 atom stereocenters. The van der Waals surface area contributed by atoms with E-state index in [-0.39, 0.29) is 23.6 Å². The molecular formula is C25H21NO4. The van der Waals surface area contributed by atoms with Gasteiger partial charge < -0.3 is 15.1 Å². The van der Waals surface area contributed by atoms with Crippen LogP contribution in [0.25, 0.3) is 5.76 Å². The Labute approximate surface area is 174 Å². The monoisotopic (exact) mass is 399 g/mol. The molecule has 1 fully saturated rings. The van der Waals surface area contributed by atoms with Crippen molar-refractivity contribution in [3.63, 3.8) is 0 Å². The van der Waals surface area contributed by atoms with Crippen LogP contribution in [0.4, 0.5) is 0 Å². The van der Waals surface area contributed by atoms with Gasteiger partial charge in [-0.2, -0.15) is 0 Å². The zero-order valence-electron chi connectivity index (χ0n) is 16.4. The van der Waals surface area contributed by atoms with Gasteiger partial charge in [0.2, 0.25) is 0 Å². The number of aliphatic hydroxyl groups excluding tert-OH is 1. The summed E-state index contributed by atoms with van der Waals surface area (Å²) >= 11 is 0. The summed E-state index contributed by atoms with van der Waals surface area (Å²) in [5, 5.41) is 21.0. The van der Waals surface area contributed by atoms with Crippen LogP contribution in [0.5, 0.6) is 5.75 Å². The third kappa shape index (κ3) is 3.57. The average molecular weight is 399 g/mol. The zero-order chi connectivity index (χ0) is 21.3. The second kappa shape index (κ2) is 7.87. The number of aliphatic hydroxyl groups is 1. The van der Waals surface area contributed by atoms with E-state index >= 15 is 0 Å². The third-order valence-corrected chi connectivity index (χ3v) is 5.25. The van der Waals surface area contributed by atoms with Crippen LogP contribution in [0, 0.1) is 6.92 Å². The molecule has 0 saturated carbocycles. The summed E-state index contributed by atoms with van der Waals surface area (Å²) in [6.45, 7) is 2.13. The molecule has 0 bridgehead atoms. The normalized spacial score (nSPS) is 18.0. The number of benzene rings is 3. The number of nitrogens with zero attached hydrogens (tertiary/aromatic N) is 1. The number of phenolic OH excluding ortho intramolecular Hbond substituents is 1. The Morgan fingerprint density at radius 2 is 1.63 bits per heavy atom. The van der Waals surface area contributed by atoms with E-state index in [0.29, 0.717) is 11.1 Å². The molecule has 0 aromatic heterocycles. The number of likely N-dealkylation sites (tertiary alicyclic amines) is 1. The average Bonchev–Trinajstić information content (AvgIpc) is 2.99. The van der Waals surface area contributed by atoms with Crippen LogP contribution >= 0.6 is 0 Å². The third-order valence-electron chi connectivity index (χ3n) is 5.25. The van der Waals surface area contributed by atoms with Crippen molar-refractivity contribution in [2.75, 3.05) is 0 Å². The van der Waals surface area contributed by atoms with Crippen LogP contribution in [0.3, 0.4) is 0 Å². The minimum atomic E-state index is -0.807. The van der Waals surface area contributed by atoms with Crippen molar-refractivity contribution >= 4 is 17.4 Å². The number of ketones is 1. The molecule has 5 nitrogen and oxygen atoms in total. The number of rotatable bonds is 4. The fraction of sp³-hybridized carbons (Fsp3) is 0.120. The van der Waals surface area contributed by atoms with Crippen molar-refractivity contribution < 1.29 is 19.8 Å². The maximum atomic E-state index is 13.0. The van der Waals surface area contributed by atoms with Crippen molar-refractivity contribution in [3.05, 3.63) is 107 Å². The Balaban J connectivity index is 1.87. The van der Waals surface area contributed by atoms with Crippen molar-refractivity contribution in [1.82, 2.24) is 4.90 Å². The van der Waals surface area contributed by atoms with Crippen molar-refractivity contribution in [2.45, 2.75) is 19.5 Å². The molecule has 1 saturated heterocycles. The van der Waals surface area contributed by atoms with E-state index in [0.717, 1.165) is 11.1 Å². The van der Waals surface area contributed by atoms with E-state index in [9.17, 15) is 19.8 Å². The lowest BCUT2D eigenvalue weighted by Gasteiger charge is -2.25. The van der Waals surface area contributed by atoms with Gasteiger partial charge in [-0.15, -0.1) is 0 Å². The van der Waals surface area contributed by atoms with Gasteiger partial charge in [-0.05, 0) is 30.2 Å². The molecule has 3 aromatic rings. The number of hydrogen-bond acceptors (Lipinski definition) is 4. The topological polar surface area (TPSA) is 77.8 Å². The molecule has 1 unspecified atom stereocenters. The maximum Gasteiger partial charge on any atom is 0.295 e. The molecule has 30 heavy (non-hydrogen) atoms.